The number of halogens is 1. The van der Waals surface area contributed by atoms with E-state index in [-0.39, 0.29) is 0 Å². The third-order valence-corrected chi connectivity index (χ3v) is 5.02. The van der Waals surface area contributed by atoms with Crippen molar-refractivity contribution >= 4 is 17.3 Å². The molecule has 0 spiro atoms. The highest BCUT2D eigenvalue weighted by Crippen LogP contribution is 2.41. The predicted molar refractivity (Wildman–Crippen MR) is 81.9 cm³/mol. The van der Waals surface area contributed by atoms with Crippen molar-refractivity contribution in [2.45, 2.75) is 44.7 Å². The maximum absolute atomic E-state index is 6.51. The van der Waals surface area contributed by atoms with E-state index in [1.165, 1.54) is 49.9 Å². The number of hydrogen-bond acceptors (Lipinski definition) is 2. The summed E-state index contributed by atoms with van der Waals surface area (Å²) < 4.78 is 0. The molecule has 1 aromatic rings. The lowest BCUT2D eigenvalue weighted by Gasteiger charge is -2.33. The van der Waals surface area contributed by atoms with E-state index in [9.17, 15) is 0 Å². The summed E-state index contributed by atoms with van der Waals surface area (Å²) in [5.74, 6) is 0.904. The second kappa shape index (κ2) is 5.72. The van der Waals surface area contributed by atoms with E-state index in [1.807, 2.05) is 7.05 Å². The molecule has 1 heterocycles. The van der Waals surface area contributed by atoms with Crippen molar-refractivity contribution in [2.24, 2.45) is 5.92 Å². The molecule has 0 bridgehead atoms. The summed E-state index contributed by atoms with van der Waals surface area (Å²) in [7, 11) is 1.97. The van der Waals surface area contributed by atoms with E-state index >= 15 is 0 Å². The number of nitrogens with one attached hydrogen (secondary N) is 1. The molecule has 19 heavy (non-hydrogen) atoms. The first-order valence-electron chi connectivity index (χ1n) is 7.49. The Labute approximate surface area is 121 Å². The van der Waals surface area contributed by atoms with Crippen molar-refractivity contribution in [3.63, 3.8) is 0 Å². The van der Waals surface area contributed by atoms with Crippen LogP contribution in [-0.2, 0) is 6.54 Å². The van der Waals surface area contributed by atoms with E-state index < -0.39 is 0 Å². The molecule has 2 nitrogen and oxygen atoms in total. The van der Waals surface area contributed by atoms with Crippen LogP contribution in [-0.4, -0.2) is 19.6 Å². The van der Waals surface area contributed by atoms with Crippen LogP contribution in [0.1, 0.15) is 37.7 Å². The number of fused-ring (bicyclic) bond motifs is 1. The van der Waals surface area contributed by atoms with Crippen molar-refractivity contribution in [1.29, 1.82) is 0 Å². The summed E-state index contributed by atoms with van der Waals surface area (Å²) in [6, 6.07) is 7.27. The van der Waals surface area contributed by atoms with Gasteiger partial charge in [0.2, 0.25) is 0 Å². The van der Waals surface area contributed by atoms with Gasteiger partial charge in [0.05, 0.1) is 10.7 Å². The number of benzene rings is 1. The summed E-state index contributed by atoms with van der Waals surface area (Å²) in [5, 5.41) is 4.09. The molecule has 1 N–H and O–H groups in total. The predicted octanol–water partition coefficient (Wildman–Crippen LogP) is 3.83. The van der Waals surface area contributed by atoms with Gasteiger partial charge in [-0.2, -0.15) is 0 Å². The quantitative estimate of drug-likeness (QED) is 0.904. The van der Waals surface area contributed by atoms with Crippen molar-refractivity contribution in [3.05, 3.63) is 28.8 Å². The first-order valence-corrected chi connectivity index (χ1v) is 7.87. The second-order valence-corrected chi connectivity index (χ2v) is 6.32. The van der Waals surface area contributed by atoms with Gasteiger partial charge < -0.3 is 10.2 Å². The molecule has 3 heteroatoms. The lowest BCUT2D eigenvalue weighted by molar-refractivity contribution is 0.342. The molecule has 1 aromatic carbocycles. The highest BCUT2D eigenvalue weighted by molar-refractivity contribution is 6.33. The average molecular weight is 279 g/mol. The molecule has 1 saturated heterocycles. The fourth-order valence-corrected chi connectivity index (χ4v) is 4.11. The molecule has 0 amide bonds. The van der Waals surface area contributed by atoms with E-state index in [1.54, 1.807) is 0 Å². The van der Waals surface area contributed by atoms with E-state index in [4.69, 9.17) is 11.6 Å². The van der Waals surface area contributed by atoms with Crippen LogP contribution in [0, 0.1) is 5.92 Å². The standard InChI is InChI=1S/C16H23ClN2/c1-18-11-12-6-7-16(14(17)10-12)19-9-8-13-4-2-3-5-15(13)19/h6-7,10,13,15,18H,2-5,8-9,11H2,1H3. The molecule has 3 rings (SSSR count). The molecule has 2 fully saturated rings. The van der Waals surface area contributed by atoms with Crippen LogP contribution in [0.3, 0.4) is 0 Å². The average Bonchev–Trinajstić information content (AvgIpc) is 2.83. The summed E-state index contributed by atoms with van der Waals surface area (Å²) in [6.45, 7) is 2.06. The largest absolute Gasteiger partial charge is 0.367 e. The molecule has 2 unspecified atom stereocenters. The Balaban J connectivity index is 1.82. The molecule has 0 aromatic heterocycles. The van der Waals surface area contributed by atoms with Gasteiger partial charge in [0.1, 0.15) is 0 Å². The van der Waals surface area contributed by atoms with Gasteiger partial charge in [0, 0.05) is 19.1 Å². The Morgan fingerprint density at radius 2 is 2.11 bits per heavy atom. The van der Waals surface area contributed by atoms with Crippen molar-refractivity contribution < 1.29 is 0 Å². The van der Waals surface area contributed by atoms with Gasteiger partial charge in [0.15, 0.2) is 0 Å². The van der Waals surface area contributed by atoms with Crippen LogP contribution in [0.15, 0.2) is 18.2 Å². The second-order valence-electron chi connectivity index (χ2n) is 5.91. The van der Waals surface area contributed by atoms with E-state index in [0.29, 0.717) is 0 Å². The highest BCUT2D eigenvalue weighted by Gasteiger charge is 2.36. The van der Waals surface area contributed by atoms with Gasteiger partial charge in [-0.15, -0.1) is 0 Å². The molecule has 1 aliphatic heterocycles. The Morgan fingerprint density at radius 1 is 1.26 bits per heavy atom. The van der Waals surface area contributed by atoms with Crippen LogP contribution in [0.4, 0.5) is 5.69 Å². The monoisotopic (exact) mass is 278 g/mol. The lowest BCUT2D eigenvalue weighted by Crippen LogP contribution is -2.34. The Hall–Kier alpha value is -0.730. The lowest BCUT2D eigenvalue weighted by atomic mass is 9.85. The fourth-order valence-electron chi connectivity index (χ4n) is 3.80. The number of anilines is 1. The Morgan fingerprint density at radius 3 is 2.89 bits per heavy atom. The number of nitrogens with zero attached hydrogens (tertiary/aromatic N) is 1. The molecular weight excluding hydrogens is 256 g/mol. The minimum atomic E-state index is 0.737. The zero-order valence-corrected chi connectivity index (χ0v) is 12.4. The smallest absolute Gasteiger partial charge is 0.0642 e. The summed E-state index contributed by atoms with van der Waals surface area (Å²) >= 11 is 6.51. The van der Waals surface area contributed by atoms with Gasteiger partial charge >= 0.3 is 0 Å². The van der Waals surface area contributed by atoms with Crippen molar-refractivity contribution in [2.75, 3.05) is 18.5 Å². The Bertz CT molecular complexity index is 446. The molecule has 0 radical (unpaired) electrons. The first-order chi connectivity index (χ1) is 9.29. The van der Waals surface area contributed by atoms with Gasteiger partial charge in [-0.25, -0.2) is 0 Å². The maximum atomic E-state index is 6.51. The van der Waals surface area contributed by atoms with Gasteiger partial charge in [-0.1, -0.05) is 30.5 Å². The van der Waals surface area contributed by atoms with Gasteiger partial charge in [-0.3, -0.25) is 0 Å². The Kier molecular flexibility index (Phi) is 3.99. The van der Waals surface area contributed by atoms with Crippen LogP contribution in [0.25, 0.3) is 0 Å². The van der Waals surface area contributed by atoms with Crippen molar-refractivity contribution in [1.82, 2.24) is 5.32 Å². The first kappa shape index (κ1) is 13.3. The third kappa shape index (κ3) is 2.61. The molecular formula is C16H23ClN2. The number of rotatable bonds is 3. The zero-order valence-electron chi connectivity index (χ0n) is 11.7. The fraction of sp³-hybridized carbons (Fsp3) is 0.625. The SMILES string of the molecule is CNCc1ccc(N2CCC3CCCCC32)c(Cl)c1. The van der Waals surface area contributed by atoms with Gasteiger partial charge in [0.25, 0.3) is 0 Å². The minimum absolute atomic E-state index is 0.737. The highest BCUT2D eigenvalue weighted by atomic mass is 35.5. The van der Waals surface area contributed by atoms with Gasteiger partial charge in [-0.05, 0) is 49.9 Å². The summed E-state index contributed by atoms with van der Waals surface area (Å²) in [6.07, 6.45) is 6.91. The van der Waals surface area contributed by atoms with Crippen LogP contribution < -0.4 is 10.2 Å². The normalized spacial score (nSPS) is 26.5. The van der Waals surface area contributed by atoms with E-state index in [2.05, 4.69) is 28.4 Å². The van der Waals surface area contributed by atoms with E-state index in [0.717, 1.165) is 23.5 Å². The molecule has 1 saturated carbocycles. The van der Waals surface area contributed by atoms with Crippen LogP contribution in [0.5, 0.6) is 0 Å². The van der Waals surface area contributed by atoms with Crippen LogP contribution in [0.2, 0.25) is 5.02 Å². The molecule has 104 valence electrons. The third-order valence-electron chi connectivity index (χ3n) is 4.71. The number of hydrogen-bond donors (Lipinski definition) is 1. The topological polar surface area (TPSA) is 15.3 Å². The zero-order chi connectivity index (χ0) is 13.2. The molecule has 2 atom stereocenters. The molecule has 2 aliphatic rings. The molecule has 1 aliphatic carbocycles. The summed E-state index contributed by atoms with van der Waals surface area (Å²) in [5.41, 5.74) is 2.51. The maximum Gasteiger partial charge on any atom is 0.0642 e. The van der Waals surface area contributed by atoms with Crippen molar-refractivity contribution in [3.8, 4) is 0 Å². The summed E-state index contributed by atoms with van der Waals surface area (Å²) in [4.78, 5) is 2.56. The van der Waals surface area contributed by atoms with Crippen LogP contribution >= 0.6 is 11.6 Å². The minimum Gasteiger partial charge on any atom is -0.367 e.